The number of rotatable bonds is 5. The molecule has 0 saturated heterocycles. The molecule has 0 radical (unpaired) electrons. The third-order valence-corrected chi connectivity index (χ3v) is 5.17. The van der Waals surface area contributed by atoms with Crippen LogP contribution >= 0.6 is 11.8 Å². The molecular formula is C19H14FN7OS. The minimum Gasteiger partial charge on any atom is -0.510 e. The van der Waals surface area contributed by atoms with Gasteiger partial charge in [-0.05, 0) is 40.8 Å². The first-order valence-corrected chi connectivity index (χ1v) is 9.48. The Morgan fingerprint density at radius 2 is 2.07 bits per heavy atom. The number of aryl methyl sites for hydroxylation is 1. The van der Waals surface area contributed by atoms with Crippen LogP contribution in [-0.2, 0) is 7.05 Å². The van der Waals surface area contributed by atoms with Crippen LogP contribution in [0.15, 0.2) is 59.4 Å². The number of nitrogens with zero attached hydrogens (tertiary/aromatic N) is 7. The third-order valence-electron chi connectivity index (χ3n) is 4.24. The number of thioether (sulfide) groups is 1. The number of allylic oxidation sites excluding steroid dienone is 1. The zero-order chi connectivity index (χ0) is 20.4. The topological polar surface area (TPSA) is 105 Å². The third kappa shape index (κ3) is 3.55. The van der Waals surface area contributed by atoms with Crippen LogP contribution in [0.5, 0.6) is 0 Å². The Labute approximate surface area is 168 Å². The number of para-hydroxylation sites is 2. The lowest BCUT2D eigenvalue weighted by atomic mass is 10.2. The maximum atomic E-state index is 13.5. The van der Waals surface area contributed by atoms with Crippen LogP contribution in [-0.4, -0.2) is 40.6 Å². The first-order valence-electron chi connectivity index (χ1n) is 8.49. The second kappa shape index (κ2) is 7.73. The number of benzene rings is 2. The predicted octanol–water partition coefficient (Wildman–Crippen LogP) is 3.27. The van der Waals surface area contributed by atoms with Crippen molar-refractivity contribution in [3.8, 4) is 11.8 Å². The summed E-state index contributed by atoms with van der Waals surface area (Å²) in [6.45, 7) is 0. The van der Waals surface area contributed by atoms with Gasteiger partial charge in [-0.15, -0.1) is 5.10 Å². The van der Waals surface area contributed by atoms with Gasteiger partial charge in [0, 0.05) is 7.05 Å². The number of tetrazole rings is 1. The highest BCUT2D eigenvalue weighted by molar-refractivity contribution is 7.99. The largest absolute Gasteiger partial charge is 0.510 e. The molecule has 0 atom stereocenters. The van der Waals surface area contributed by atoms with Gasteiger partial charge in [0.15, 0.2) is 5.82 Å². The molecule has 29 heavy (non-hydrogen) atoms. The highest BCUT2D eigenvalue weighted by atomic mass is 32.2. The first kappa shape index (κ1) is 18.6. The van der Waals surface area contributed by atoms with Crippen LogP contribution in [0, 0.1) is 17.1 Å². The van der Waals surface area contributed by atoms with Gasteiger partial charge in [-0.1, -0.05) is 30.0 Å². The second-order valence-electron chi connectivity index (χ2n) is 6.06. The molecule has 0 spiro atoms. The lowest BCUT2D eigenvalue weighted by molar-refractivity contribution is 0.420. The molecule has 2 aromatic carbocycles. The van der Waals surface area contributed by atoms with E-state index in [1.54, 1.807) is 23.7 Å². The van der Waals surface area contributed by atoms with Crippen molar-refractivity contribution in [2.24, 2.45) is 7.05 Å². The number of aromatic nitrogens is 6. The second-order valence-corrected chi connectivity index (χ2v) is 7.00. The molecule has 10 heteroatoms. The van der Waals surface area contributed by atoms with E-state index >= 15 is 0 Å². The fourth-order valence-corrected chi connectivity index (χ4v) is 3.63. The number of halogens is 1. The van der Waals surface area contributed by atoms with Crippen molar-refractivity contribution in [3.05, 3.63) is 65.9 Å². The molecule has 1 N–H and O–H groups in total. The van der Waals surface area contributed by atoms with E-state index in [0.29, 0.717) is 16.7 Å². The molecule has 144 valence electrons. The van der Waals surface area contributed by atoms with Gasteiger partial charge in [0.2, 0.25) is 5.16 Å². The number of nitriles is 1. The molecule has 4 rings (SSSR count). The number of hydrogen-bond donors (Lipinski definition) is 1. The van der Waals surface area contributed by atoms with Gasteiger partial charge in [0.05, 0.1) is 22.5 Å². The SMILES string of the molecule is Cn1c(C(C#N)=C(O)CSc2nnnn2-c2cccc(F)c2)nc2ccccc21. The Morgan fingerprint density at radius 1 is 1.24 bits per heavy atom. The minimum absolute atomic E-state index is 0.0434. The highest BCUT2D eigenvalue weighted by Crippen LogP contribution is 2.26. The Hall–Kier alpha value is -3.71. The minimum atomic E-state index is -0.412. The Kier molecular flexibility index (Phi) is 4.97. The molecule has 0 aliphatic heterocycles. The van der Waals surface area contributed by atoms with E-state index in [9.17, 15) is 14.8 Å². The first-order chi connectivity index (χ1) is 14.1. The molecule has 0 bridgehead atoms. The maximum Gasteiger partial charge on any atom is 0.214 e. The summed E-state index contributed by atoms with van der Waals surface area (Å²) in [4.78, 5) is 4.45. The average molecular weight is 407 g/mol. The van der Waals surface area contributed by atoms with Gasteiger partial charge in [-0.2, -0.15) is 9.94 Å². The Morgan fingerprint density at radius 3 is 2.83 bits per heavy atom. The summed E-state index contributed by atoms with van der Waals surface area (Å²) in [5.74, 6) is -0.145. The van der Waals surface area contributed by atoms with Crippen LogP contribution in [0.3, 0.4) is 0 Å². The number of hydrogen-bond acceptors (Lipinski definition) is 7. The van der Waals surface area contributed by atoms with E-state index < -0.39 is 5.82 Å². The lowest BCUT2D eigenvalue weighted by Crippen LogP contribution is -2.03. The van der Waals surface area contributed by atoms with E-state index in [1.807, 2.05) is 30.3 Å². The number of aliphatic hydroxyl groups excluding tert-OH is 1. The van der Waals surface area contributed by atoms with Crippen LogP contribution in [0.2, 0.25) is 0 Å². The van der Waals surface area contributed by atoms with E-state index in [-0.39, 0.29) is 17.1 Å². The van der Waals surface area contributed by atoms with Crippen LogP contribution in [0.1, 0.15) is 5.82 Å². The lowest BCUT2D eigenvalue weighted by Gasteiger charge is -2.06. The van der Waals surface area contributed by atoms with Crippen molar-refractivity contribution >= 4 is 28.4 Å². The molecule has 8 nitrogen and oxygen atoms in total. The fraction of sp³-hybridized carbons (Fsp3) is 0.105. The van der Waals surface area contributed by atoms with Crippen molar-refractivity contribution in [3.63, 3.8) is 0 Å². The summed E-state index contributed by atoms with van der Waals surface area (Å²) in [6, 6.07) is 15.3. The van der Waals surface area contributed by atoms with E-state index in [4.69, 9.17) is 0 Å². The van der Waals surface area contributed by atoms with E-state index in [0.717, 1.165) is 22.8 Å². The zero-order valence-corrected chi connectivity index (χ0v) is 16.0. The van der Waals surface area contributed by atoms with Crippen molar-refractivity contribution in [1.29, 1.82) is 5.26 Å². The average Bonchev–Trinajstić information content (AvgIpc) is 3.32. The van der Waals surface area contributed by atoms with Gasteiger partial charge >= 0.3 is 0 Å². The summed E-state index contributed by atoms with van der Waals surface area (Å²) in [6.07, 6.45) is 0. The maximum absolute atomic E-state index is 13.5. The number of fused-ring (bicyclic) bond motifs is 1. The van der Waals surface area contributed by atoms with Gasteiger partial charge < -0.3 is 9.67 Å². The van der Waals surface area contributed by atoms with E-state index in [1.165, 1.54) is 16.8 Å². The molecule has 0 saturated carbocycles. The van der Waals surface area contributed by atoms with Crippen LogP contribution in [0.25, 0.3) is 22.3 Å². The van der Waals surface area contributed by atoms with Gasteiger partial charge in [0.25, 0.3) is 0 Å². The zero-order valence-electron chi connectivity index (χ0n) is 15.2. The molecule has 0 unspecified atom stereocenters. The van der Waals surface area contributed by atoms with Crippen LogP contribution in [0.4, 0.5) is 4.39 Å². The quantitative estimate of drug-likeness (QED) is 0.307. The van der Waals surface area contributed by atoms with Gasteiger partial charge in [-0.25, -0.2) is 9.37 Å². The Bertz CT molecular complexity index is 1270. The number of imidazole rings is 1. The van der Waals surface area contributed by atoms with Crippen LogP contribution < -0.4 is 0 Å². The normalized spacial score (nSPS) is 12.0. The molecule has 2 heterocycles. The molecular weight excluding hydrogens is 393 g/mol. The monoisotopic (exact) mass is 407 g/mol. The summed E-state index contributed by atoms with van der Waals surface area (Å²) in [7, 11) is 1.78. The summed E-state index contributed by atoms with van der Waals surface area (Å²) in [5, 5.41) is 31.9. The van der Waals surface area contributed by atoms with Gasteiger partial charge in [0.1, 0.15) is 23.2 Å². The fourth-order valence-electron chi connectivity index (χ4n) is 2.86. The van der Waals surface area contributed by atoms with Crippen molar-refractivity contribution in [2.45, 2.75) is 5.16 Å². The summed E-state index contributed by atoms with van der Waals surface area (Å²) in [5.41, 5.74) is 2.11. The molecule has 4 aromatic rings. The molecule has 2 aromatic heterocycles. The smallest absolute Gasteiger partial charge is 0.214 e. The molecule has 0 fully saturated rings. The summed E-state index contributed by atoms with van der Waals surface area (Å²) >= 11 is 1.12. The highest BCUT2D eigenvalue weighted by Gasteiger charge is 2.18. The molecule has 0 aliphatic carbocycles. The van der Waals surface area contributed by atoms with Crippen molar-refractivity contribution < 1.29 is 9.50 Å². The Balaban J connectivity index is 1.63. The molecule has 0 aliphatic rings. The summed E-state index contributed by atoms with van der Waals surface area (Å²) < 4.78 is 16.6. The van der Waals surface area contributed by atoms with E-state index in [2.05, 4.69) is 20.5 Å². The predicted molar refractivity (Wildman–Crippen MR) is 106 cm³/mol. The van der Waals surface area contributed by atoms with Crippen molar-refractivity contribution in [2.75, 3.05) is 5.75 Å². The van der Waals surface area contributed by atoms with Gasteiger partial charge in [-0.3, -0.25) is 0 Å². The van der Waals surface area contributed by atoms with Crippen molar-refractivity contribution in [1.82, 2.24) is 29.8 Å². The number of aliphatic hydroxyl groups is 1. The molecule has 0 amide bonds. The standard InChI is InChI=1S/C19H14FN7OS/c1-26-16-8-3-2-7-15(16)22-18(26)14(10-21)17(28)11-29-19-23-24-25-27(19)13-6-4-5-12(20)9-13/h2-9,28H,11H2,1H3.